The number of rotatable bonds is 1. The number of hydrogen-bond acceptors (Lipinski definition) is 4. The lowest BCUT2D eigenvalue weighted by atomic mass is 10.4. The van der Waals surface area contributed by atoms with Crippen molar-refractivity contribution in [3.8, 4) is 0 Å². The zero-order valence-corrected chi connectivity index (χ0v) is 6.43. The summed E-state index contributed by atoms with van der Waals surface area (Å²) in [6.45, 7) is 1.90. The van der Waals surface area contributed by atoms with E-state index in [2.05, 4.69) is 15.3 Å². The van der Waals surface area contributed by atoms with Crippen LogP contribution in [0.25, 0.3) is 5.65 Å². The molecule has 0 saturated carbocycles. The van der Waals surface area contributed by atoms with Gasteiger partial charge in [0.1, 0.15) is 0 Å². The molecule has 0 aliphatic carbocycles. The Morgan fingerprint density at radius 1 is 1.58 bits per heavy atom. The summed E-state index contributed by atoms with van der Waals surface area (Å²) in [4.78, 5) is 14.4. The first-order valence-corrected chi connectivity index (χ1v) is 3.44. The number of hydrogen-bond donors (Lipinski definition) is 0. The molecule has 60 valence electrons. The molecule has 0 atom stereocenters. The molecule has 5 heteroatoms. The first-order valence-electron chi connectivity index (χ1n) is 3.44. The number of carbonyl (C=O) groups excluding carboxylic acids is 1. The molecule has 5 nitrogen and oxygen atoms in total. The van der Waals surface area contributed by atoms with Gasteiger partial charge in [-0.3, -0.25) is 4.79 Å². The number of carbonyl (C=O) groups is 1. The standard InChI is InChI=1S/C7H6N4O/c1-5-2-8-7-6(4-12)9-10-11(7)3-5/h2-4H,1H3. The van der Waals surface area contributed by atoms with E-state index in [1.54, 1.807) is 12.4 Å². The fraction of sp³-hybridized carbons (Fsp3) is 0.143. The molecule has 0 radical (unpaired) electrons. The number of aromatic nitrogens is 4. The van der Waals surface area contributed by atoms with Crippen LogP contribution in [0.3, 0.4) is 0 Å². The maximum absolute atomic E-state index is 10.4. The van der Waals surface area contributed by atoms with E-state index < -0.39 is 0 Å². The second kappa shape index (κ2) is 2.37. The summed E-state index contributed by atoms with van der Waals surface area (Å²) in [6.07, 6.45) is 4.08. The molecule has 0 aliphatic rings. The molecule has 2 aromatic rings. The van der Waals surface area contributed by atoms with Crippen LogP contribution in [-0.2, 0) is 0 Å². The second-order valence-electron chi connectivity index (χ2n) is 2.49. The van der Waals surface area contributed by atoms with Crippen LogP contribution in [0.5, 0.6) is 0 Å². The minimum absolute atomic E-state index is 0.273. The van der Waals surface area contributed by atoms with Crippen molar-refractivity contribution in [2.45, 2.75) is 6.92 Å². The molecule has 0 saturated heterocycles. The van der Waals surface area contributed by atoms with Gasteiger partial charge in [0.05, 0.1) is 0 Å². The maximum Gasteiger partial charge on any atom is 0.186 e. The van der Waals surface area contributed by atoms with E-state index >= 15 is 0 Å². The van der Waals surface area contributed by atoms with Gasteiger partial charge in [-0.05, 0) is 12.5 Å². The van der Waals surface area contributed by atoms with Gasteiger partial charge in [-0.2, -0.15) is 0 Å². The zero-order chi connectivity index (χ0) is 8.55. The molecule has 12 heavy (non-hydrogen) atoms. The first kappa shape index (κ1) is 6.90. The Labute approximate surface area is 68.0 Å². The largest absolute Gasteiger partial charge is 0.296 e. The molecule has 0 bridgehead atoms. The first-order chi connectivity index (χ1) is 5.81. The highest BCUT2D eigenvalue weighted by atomic mass is 16.1. The van der Waals surface area contributed by atoms with Crippen LogP contribution in [0.15, 0.2) is 12.4 Å². The van der Waals surface area contributed by atoms with E-state index in [4.69, 9.17) is 0 Å². The van der Waals surface area contributed by atoms with E-state index in [1.807, 2.05) is 6.92 Å². The highest BCUT2D eigenvalue weighted by molar-refractivity contribution is 5.80. The van der Waals surface area contributed by atoms with Crippen LogP contribution in [0.1, 0.15) is 16.1 Å². The highest BCUT2D eigenvalue weighted by Crippen LogP contribution is 2.02. The average molecular weight is 162 g/mol. The van der Waals surface area contributed by atoms with E-state index in [9.17, 15) is 4.79 Å². The molecule has 0 amide bonds. The molecular formula is C7H6N4O. The third kappa shape index (κ3) is 0.868. The monoisotopic (exact) mass is 162 g/mol. The third-order valence-electron chi connectivity index (χ3n) is 1.52. The molecule has 2 rings (SSSR count). The fourth-order valence-corrected chi connectivity index (χ4v) is 0.979. The molecule has 2 heterocycles. The summed E-state index contributed by atoms with van der Waals surface area (Å²) in [5.41, 5.74) is 1.75. The molecule has 0 spiro atoms. The highest BCUT2D eigenvalue weighted by Gasteiger charge is 2.04. The van der Waals surface area contributed by atoms with Gasteiger partial charge in [0, 0.05) is 12.4 Å². The van der Waals surface area contributed by atoms with Crippen molar-refractivity contribution in [2.75, 3.05) is 0 Å². The smallest absolute Gasteiger partial charge is 0.186 e. The lowest BCUT2D eigenvalue weighted by molar-refractivity contribution is 0.112. The van der Waals surface area contributed by atoms with E-state index in [1.165, 1.54) is 4.52 Å². The Kier molecular flexibility index (Phi) is 1.36. The van der Waals surface area contributed by atoms with Crippen LogP contribution in [-0.4, -0.2) is 26.1 Å². The van der Waals surface area contributed by atoms with Crippen molar-refractivity contribution in [2.24, 2.45) is 0 Å². The molecular weight excluding hydrogens is 156 g/mol. The van der Waals surface area contributed by atoms with Crippen molar-refractivity contribution >= 4 is 11.9 Å². The maximum atomic E-state index is 10.4. The Morgan fingerprint density at radius 3 is 3.17 bits per heavy atom. The summed E-state index contributed by atoms with van der Waals surface area (Å²) in [5, 5.41) is 7.36. The van der Waals surface area contributed by atoms with E-state index in [0.717, 1.165) is 5.56 Å². The predicted molar refractivity (Wildman–Crippen MR) is 40.9 cm³/mol. The lowest BCUT2D eigenvalue weighted by Gasteiger charge is -1.91. The second-order valence-corrected chi connectivity index (χ2v) is 2.49. The minimum atomic E-state index is 0.273. The van der Waals surface area contributed by atoms with Crippen molar-refractivity contribution in [1.29, 1.82) is 0 Å². The quantitative estimate of drug-likeness (QED) is 0.564. The average Bonchev–Trinajstić information content (AvgIpc) is 2.46. The summed E-state index contributed by atoms with van der Waals surface area (Å²) in [7, 11) is 0. The lowest BCUT2D eigenvalue weighted by Crippen LogP contribution is -1.91. The SMILES string of the molecule is Cc1cnc2c(C=O)nnn2c1. The van der Waals surface area contributed by atoms with Crippen LogP contribution >= 0.6 is 0 Å². The number of aryl methyl sites for hydroxylation is 1. The van der Waals surface area contributed by atoms with Gasteiger partial charge < -0.3 is 0 Å². The number of aldehydes is 1. The van der Waals surface area contributed by atoms with Crippen LogP contribution in [0, 0.1) is 6.92 Å². The fourth-order valence-electron chi connectivity index (χ4n) is 0.979. The predicted octanol–water partition coefficient (Wildman–Crippen LogP) is 0.245. The molecule has 0 aliphatic heterocycles. The van der Waals surface area contributed by atoms with Crippen LogP contribution < -0.4 is 0 Å². The summed E-state index contributed by atoms with van der Waals surface area (Å²) < 4.78 is 1.49. The van der Waals surface area contributed by atoms with E-state index in [0.29, 0.717) is 11.9 Å². The van der Waals surface area contributed by atoms with Gasteiger partial charge in [-0.25, -0.2) is 9.50 Å². The van der Waals surface area contributed by atoms with Crippen molar-refractivity contribution in [3.63, 3.8) is 0 Å². The minimum Gasteiger partial charge on any atom is -0.296 e. The Balaban J connectivity index is 2.81. The van der Waals surface area contributed by atoms with Crippen molar-refractivity contribution < 1.29 is 4.79 Å². The number of fused-ring (bicyclic) bond motifs is 1. The normalized spacial score (nSPS) is 10.4. The van der Waals surface area contributed by atoms with Gasteiger partial charge in [0.25, 0.3) is 0 Å². The van der Waals surface area contributed by atoms with Gasteiger partial charge in [-0.15, -0.1) is 5.10 Å². The van der Waals surface area contributed by atoms with Gasteiger partial charge >= 0.3 is 0 Å². The summed E-state index contributed by atoms with van der Waals surface area (Å²) in [5.74, 6) is 0. The summed E-state index contributed by atoms with van der Waals surface area (Å²) in [6, 6.07) is 0. The Bertz CT molecular complexity index is 434. The van der Waals surface area contributed by atoms with Crippen LogP contribution in [0.2, 0.25) is 0 Å². The summed E-state index contributed by atoms with van der Waals surface area (Å²) >= 11 is 0. The van der Waals surface area contributed by atoms with Crippen molar-refractivity contribution in [3.05, 3.63) is 23.7 Å². The van der Waals surface area contributed by atoms with Gasteiger partial charge in [0.15, 0.2) is 17.6 Å². The molecule has 0 unspecified atom stereocenters. The molecule has 0 N–H and O–H groups in total. The molecule has 0 fully saturated rings. The van der Waals surface area contributed by atoms with E-state index in [-0.39, 0.29) is 5.69 Å². The van der Waals surface area contributed by atoms with Gasteiger partial charge in [0.2, 0.25) is 0 Å². The third-order valence-corrected chi connectivity index (χ3v) is 1.52. The topological polar surface area (TPSA) is 60.2 Å². The Morgan fingerprint density at radius 2 is 2.42 bits per heavy atom. The van der Waals surface area contributed by atoms with Crippen LogP contribution in [0.4, 0.5) is 0 Å². The zero-order valence-electron chi connectivity index (χ0n) is 6.43. The Hall–Kier alpha value is -1.78. The molecule has 2 aromatic heterocycles. The van der Waals surface area contributed by atoms with Crippen molar-refractivity contribution in [1.82, 2.24) is 19.8 Å². The molecule has 0 aromatic carbocycles. The van der Waals surface area contributed by atoms with Gasteiger partial charge in [-0.1, -0.05) is 5.21 Å². The number of nitrogens with zero attached hydrogens (tertiary/aromatic N) is 4.